The smallest absolute Gasteiger partial charge is 0.339 e. The van der Waals surface area contributed by atoms with Crippen LogP contribution in [0.3, 0.4) is 0 Å². The number of carbonyl (C=O) groups is 3. The lowest BCUT2D eigenvalue weighted by atomic mass is 9.96. The van der Waals surface area contributed by atoms with Crippen molar-refractivity contribution in [1.82, 2.24) is 19.9 Å². The zero-order valence-corrected chi connectivity index (χ0v) is 21.6. The highest BCUT2D eigenvalue weighted by Gasteiger charge is 2.37. The van der Waals surface area contributed by atoms with Crippen molar-refractivity contribution in [3.05, 3.63) is 57.7 Å². The Bertz CT molecular complexity index is 1270. The van der Waals surface area contributed by atoms with Gasteiger partial charge in [0.2, 0.25) is 0 Å². The Kier molecular flexibility index (Phi) is 7.10. The molecule has 2 aliphatic rings. The summed E-state index contributed by atoms with van der Waals surface area (Å²) in [5.74, 6) is 0.615. The molecule has 1 atom stereocenters. The maximum atomic E-state index is 13.4. The predicted molar refractivity (Wildman–Crippen MR) is 136 cm³/mol. The second-order valence-corrected chi connectivity index (χ2v) is 10.8. The molecule has 2 aromatic heterocycles. The summed E-state index contributed by atoms with van der Waals surface area (Å²) in [5, 5.41) is 6.17. The van der Waals surface area contributed by atoms with Crippen LogP contribution in [0.5, 0.6) is 0 Å². The van der Waals surface area contributed by atoms with Crippen LogP contribution in [0.15, 0.2) is 40.2 Å². The van der Waals surface area contributed by atoms with Crippen LogP contribution in [-0.4, -0.2) is 75.6 Å². The first-order valence-electron chi connectivity index (χ1n) is 11.7. The molecule has 0 spiro atoms. The normalized spacial score (nSPS) is 18.4. The number of esters is 1. The fourth-order valence-electron chi connectivity index (χ4n) is 4.60. The average molecular weight is 527 g/mol. The highest BCUT2D eigenvalue weighted by molar-refractivity contribution is 8.00. The van der Waals surface area contributed by atoms with Crippen LogP contribution in [0.4, 0.5) is 0 Å². The van der Waals surface area contributed by atoms with Crippen molar-refractivity contribution in [1.29, 1.82) is 0 Å². The summed E-state index contributed by atoms with van der Waals surface area (Å²) < 4.78 is 10.2. The number of ether oxygens (including phenoxy) is 1. The molecular weight excluding hydrogens is 500 g/mol. The van der Waals surface area contributed by atoms with Gasteiger partial charge in [0.15, 0.2) is 5.37 Å². The van der Waals surface area contributed by atoms with Crippen LogP contribution < -0.4 is 0 Å². The van der Waals surface area contributed by atoms with Gasteiger partial charge < -0.3 is 19.1 Å². The molecule has 11 heteroatoms. The SMILES string of the molecule is COC(=O)C1SCCN1C(=O)c1csc(C2CCN(C(=O)c3c(-c4ccccc4)noc3C)CC2)n1. The first-order valence-corrected chi connectivity index (χ1v) is 13.7. The van der Waals surface area contributed by atoms with Gasteiger partial charge in [0.05, 0.1) is 12.1 Å². The summed E-state index contributed by atoms with van der Waals surface area (Å²) in [5.41, 5.74) is 2.27. The third-order valence-electron chi connectivity index (χ3n) is 6.55. The predicted octanol–water partition coefficient (Wildman–Crippen LogP) is 3.81. The summed E-state index contributed by atoms with van der Waals surface area (Å²) in [7, 11) is 1.33. The van der Waals surface area contributed by atoms with Gasteiger partial charge in [-0.05, 0) is 19.8 Å². The molecule has 0 aliphatic carbocycles. The largest absolute Gasteiger partial charge is 0.467 e. The van der Waals surface area contributed by atoms with Gasteiger partial charge in [0.25, 0.3) is 11.8 Å². The van der Waals surface area contributed by atoms with Gasteiger partial charge in [-0.25, -0.2) is 9.78 Å². The highest BCUT2D eigenvalue weighted by Crippen LogP contribution is 2.34. The quantitative estimate of drug-likeness (QED) is 0.462. The lowest BCUT2D eigenvalue weighted by molar-refractivity contribution is -0.142. The van der Waals surface area contributed by atoms with E-state index in [0.29, 0.717) is 48.1 Å². The molecule has 0 N–H and O–H groups in total. The maximum Gasteiger partial charge on any atom is 0.339 e. The number of likely N-dealkylation sites (tertiary alicyclic amines) is 1. The van der Waals surface area contributed by atoms with Crippen molar-refractivity contribution in [2.75, 3.05) is 32.5 Å². The molecule has 0 saturated carbocycles. The molecular formula is C25H26N4O5S2. The van der Waals surface area contributed by atoms with E-state index in [9.17, 15) is 14.4 Å². The topological polar surface area (TPSA) is 106 Å². The van der Waals surface area contributed by atoms with Crippen LogP contribution in [-0.2, 0) is 9.53 Å². The van der Waals surface area contributed by atoms with Gasteiger partial charge in [0.1, 0.15) is 22.7 Å². The van der Waals surface area contributed by atoms with Crippen LogP contribution in [0, 0.1) is 6.92 Å². The van der Waals surface area contributed by atoms with Crippen molar-refractivity contribution in [3.8, 4) is 11.3 Å². The van der Waals surface area contributed by atoms with Crippen molar-refractivity contribution in [2.24, 2.45) is 0 Å². The van der Waals surface area contributed by atoms with Gasteiger partial charge >= 0.3 is 5.97 Å². The number of amides is 2. The number of aryl methyl sites for hydroxylation is 1. The van der Waals surface area contributed by atoms with Crippen LogP contribution in [0.25, 0.3) is 11.3 Å². The van der Waals surface area contributed by atoms with E-state index in [4.69, 9.17) is 9.26 Å². The highest BCUT2D eigenvalue weighted by atomic mass is 32.2. The molecule has 2 saturated heterocycles. The first-order chi connectivity index (χ1) is 17.5. The van der Waals surface area contributed by atoms with Crippen molar-refractivity contribution < 1.29 is 23.6 Å². The molecule has 2 fully saturated rings. The third kappa shape index (κ3) is 4.64. The fourth-order valence-corrected chi connectivity index (χ4v) is 6.70. The number of rotatable bonds is 5. The number of hydrogen-bond acceptors (Lipinski definition) is 9. The molecule has 2 aliphatic heterocycles. The minimum atomic E-state index is -0.622. The van der Waals surface area contributed by atoms with Crippen LogP contribution in [0.2, 0.25) is 0 Å². The standard InChI is InChI=1S/C25H26N4O5S2/c1-15-19(20(27-34-15)16-6-4-3-5-7-16)23(31)28-10-8-17(9-11-28)21-26-18(14-36-21)22(30)29-12-13-35-24(29)25(32)33-2/h3-7,14,17,24H,8-13H2,1-2H3. The van der Waals surface area contributed by atoms with E-state index in [0.717, 1.165) is 23.4 Å². The number of piperidine rings is 1. The van der Waals surface area contributed by atoms with Crippen molar-refractivity contribution in [3.63, 3.8) is 0 Å². The lowest BCUT2D eigenvalue weighted by Gasteiger charge is -2.31. The van der Waals surface area contributed by atoms with E-state index in [2.05, 4.69) is 10.1 Å². The number of hydrogen-bond donors (Lipinski definition) is 0. The third-order valence-corrected chi connectivity index (χ3v) is 8.74. The van der Waals surface area contributed by atoms with Crippen LogP contribution >= 0.6 is 23.1 Å². The van der Waals surface area contributed by atoms with Gasteiger partial charge in [-0.1, -0.05) is 35.5 Å². The van der Waals surface area contributed by atoms with Gasteiger partial charge in [0, 0.05) is 42.2 Å². The molecule has 2 amide bonds. The molecule has 1 aromatic carbocycles. The molecule has 4 heterocycles. The minimum Gasteiger partial charge on any atom is -0.467 e. The molecule has 188 valence electrons. The summed E-state index contributed by atoms with van der Waals surface area (Å²) >= 11 is 2.86. The Morgan fingerprint density at radius 3 is 2.56 bits per heavy atom. The van der Waals surface area contributed by atoms with Crippen molar-refractivity contribution in [2.45, 2.75) is 31.1 Å². The fraction of sp³-hybridized carbons (Fsp3) is 0.400. The zero-order valence-electron chi connectivity index (χ0n) is 20.0. The average Bonchev–Trinajstić information content (AvgIpc) is 3.68. The van der Waals surface area contributed by atoms with E-state index < -0.39 is 11.3 Å². The monoisotopic (exact) mass is 526 g/mol. The number of aromatic nitrogens is 2. The van der Waals surface area contributed by atoms with Crippen LogP contribution in [0.1, 0.15) is 50.4 Å². The molecule has 3 aromatic rings. The summed E-state index contributed by atoms with van der Waals surface area (Å²) in [6, 6.07) is 9.56. The second kappa shape index (κ2) is 10.4. The van der Waals surface area contributed by atoms with Gasteiger partial charge in [-0.3, -0.25) is 9.59 Å². The number of thioether (sulfide) groups is 1. The number of carbonyl (C=O) groups excluding carboxylic acids is 3. The zero-order chi connectivity index (χ0) is 25.2. The number of methoxy groups -OCH3 is 1. The van der Waals surface area contributed by atoms with Crippen molar-refractivity contribution >= 4 is 40.9 Å². The number of nitrogens with zero attached hydrogens (tertiary/aromatic N) is 4. The lowest BCUT2D eigenvalue weighted by Crippen LogP contribution is -2.40. The van der Waals surface area contributed by atoms with E-state index in [1.807, 2.05) is 35.2 Å². The molecule has 36 heavy (non-hydrogen) atoms. The summed E-state index contributed by atoms with van der Waals surface area (Å²) in [4.78, 5) is 46.4. The first kappa shape index (κ1) is 24.5. The summed E-state index contributed by atoms with van der Waals surface area (Å²) in [6.45, 7) is 3.41. The van der Waals surface area contributed by atoms with Gasteiger partial charge in [-0.2, -0.15) is 0 Å². The Balaban J connectivity index is 1.24. The van der Waals surface area contributed by atoms with E-state index in [-0.39, 0.29) is 17.7 Å². The van der Waals surface area contributed by atoms with E-state index in [1.54, 1.807) is 12.3 Å². The molecule has 5 rings (SSSR count). The summed E-state index contributed by atoms with van der Waals surface area (Å²) in [6.07, 6.45) is 1.50. The van der Waals surface area contributed by atoms with E-state index >= 15 is 0 Å². The van der Waals surface area contributed by atoms with Gasteiger partial charge in [-0.15, -0.1) is 23.1 Å². The molecule has 1 unspecified atom stereocenters. The second-order valence-electron chi connectivity index (χ2n) is 8.71. The Morgan fingerprint density at radius 1 is 1.08 bits per heavy atom. The Morgan fingerprint density at radius 2 is 1.83 bits per heavy atom. The Labute approximate surface area is 216 Å². The molecule has 9 nitrogen and oxygen atoms in total. The molecule has 0 bridgehead atoms. The Hall–Kier alpha value is -3.18. The van der Waals surface area contributed by atoms with E-state index in [1.165, 1.54) is 35.1 Å². The maximum absolute atomic E-state index is 13.4. The number of benzene rings is 1. The molecule has 0 radical (unpaired) electrons. The minimum absolute atomic E-state index is 0.0820. The number of thiazole rings is 1.